The number of carbonyl (C=O) groups is 3. The van der Waals surface area contributed by atoms with Gasteiger partial charge in [-0.25, -0.2) is 4.79 Å². The van der Waals surface area contributed by atoms with E-state index in [1.807, 2.05) is 0 Å². The van der Waals surface area contributed by atoms with E-state index in [9.17, 15) is 22.8 Å². The number of hydrogen-bond acceptors (Lipinski definition) is 7. The van der Waals surface area contributed by atoms with Crippen molar-refractivity contribution in [1.82, 2.24) is 20.6 Å². The van der Waals surface area contributed by atoms with Crippen LogP contribution >= 0.6 is 0 Å². The average molecular weight is 376 g/mol. The molecule has 0 aromatic heterocycles. The largest absolute Gasteiger partial charge is 0.418 e. The lowest BCUT2D eigenvalue weighted by atomic mass is 9.99. The van der Waals surface area contributed by atoms with Gasteiger partial charge in [0.15, 0.2) is 5.78 Å². The molecule has 0 saturated carbocycles. The van der Waals surface area contributed by atoms with Crippen LogP contribution in [0.1, 0.15) is 19.3 Å². The lowest BCUT2D eigenvalue weighted by Gasteiger charge is -2.29. The van der Waals surface area contributed by atoms with Crippen molar-refractivity contribution in [1.29, 1.82) is 0 Å². The third-order valence-corrected chi connectivity index (χ3v) is 5.10. The van der Waals surface area contributed by atoms with Crippen LogP contribution in [-0.4, -0.2) is 78.9 Å². The summed E-state index contributed by atoms with van der Waals surface area (Å²) < 4.78 is 34.7. The van der Waals surface area contributed by atoms with Gasteiger partial charge in [-0.1, -0.05) is 0 Å². The fraction of sp³-hybridized carbons (Fsp3) is 0.769. The highest BCUT2D eigenvalue weighted by molar-refractivity contribution is 7.80. The third-order valence-electron chi connectivity index (χ3n) is 4.75. The first kappa shape index (κ1) is 18.0. The second-order valence-electron chi connectivity index (χ2n) is 6.38. The topological polar surface area (TPSA) is 145 Å². The number of Topliss-reactive ketones (excluding diaryl/α,β-unsaturated/α-hetero) is 1. The molecule has 3 rings (SSSR count). The summed E-state index contributed by atoms with van der Waals surface area (Å²) in [5, 5.41) is 6.22. The molecule has 3 aliphatic rings. The molecule has 3 atom stereocenters. The minimum Gasteiger partial charge on any atom is -0.347 e. The van der Waals surface area contributed by atoms with Gasteiger partial charge in [0.1, 0.15) is 6.04 Å². The van der Waals surface area contributed by atoms with Crippen molar-refractivity contribution in [2.24, 2.45) is 5.92 Å². The number of piperidine rings is 1. The molecule has 140 valence electrons. The molecule has 2 bridgehead atoms. The van der Waals surface area contributed by atoms with Crippen molar-refractivity contribution in [2.45, 2.75) is 31.3 Å². The number of nitrogens with one attached hydrogen (secondary N) is 2. The van der Waals surface area contributed by atoms with Crippen molar-refractivity contribution in [3.63, 3.8) is 0 Å². The molecule has 0 spiro atoms. The molecule has 0 aromatic rings. The number of rotatable bonds is 6. The Morgan fingerprint density at radius 2 is 2.08 bits per heavy atom. The molecule has 3 aliphatic heterocycles. The van der Waals surface area contributed by atoms with E-state index in [0.29, 0.717) is 24.4 Å². The van der Waals surface area contributed by atoms with Gasteiger partial charge in [0, 0.05) is 19.0 Å². The fourth-order valence-corrected chi connectivity index (χ4v) is 3.86. The molecule has 3 saturated heterocycles. The molecular formula is C13H20N4O7S. The molecule has 3 N–H and O–H groups in total. The summed E-state index contributed by atoms with van der Waals surface area (Å²) in [5.41, 5.74) is 0. The van der Waals surface area contributed by atoms with Crippen LogP contribution in [0.25, 0.3) is 0 Å². The Hall–Kier alpha value is -1.76. The zero-order valence-corrected chi connectivity index (χ0v) is 14.2. The Bertz CT molecular complexity index is 676. The summed E-state index contributed by atoms with van der Waals surface area (Å²) >= 11 is 0. The molecule has 25 heavy (non-hydrogen) atoms. The maximum absolute atomic E-state index is 12.3. The number of carbonyl (C=O) groups excluding carboxylic acids is 3. The summed E-state index contributed by atoms with van der Waals surface area (Å²) in [5.74, 6) is -0.626. The number of hydroxylamine groups is 2. The van der Waals surface area contributed by atoms with Crippen molar-refractivity contribution < 1.29 is 31.6 Å². The smallest absolute Gasteiger partial charge is 0.347 e. The van der Waals surface area contributed by atoms with Crippen LogP contribution in [0.5, 0.6) is 0 Å². The average Bonchev–Trinajstić information content (AvgIpc) is 3.16. The Kier molecular flexibility index (Phi) is 4.95. The standard InChI is InChI=1S/C13H20N4O7S/c18-11(8-3-4-14-5-8)6-15-12(19)10-2-1-9-7-16(10)13(20)17(9)24-25(21,22)23/h8-10,14H,1-7H2,(H,15,19)(H,21,22,23)/t8-,9-,10+/m1/s1. The molecule has 11 nitrogen and oxygen atoms in total. The van der Waals surface area contributed by atoms with Gasteiger partial charge in [-0.15, -0.1) is 4.28 Å². The summed E-state index contributed by atoms with van der Waals surface area (Å²) in [4.78, 5) is 37.8. The number of ketones is 1. The van der Waals surface area contributed by atoms with E-state index in [2.05, 4.69) is 14.9 Å². The van der Waals surface area contributed by atoms with Gasteiger partial charge < -0.3 is 15.5 Å². The highest BCUT2D eigenvalue weighted by Crippen LogP contribution is 2.30. The normalized spacial score (nSPS) is 29.2. The van der Waals surface area contributed by atoms with Gasteiger partial charge in [0.25, 0.3) is 0 Å². The molecule has 0 unspecified atom stereocenters. The summed E-state index contributed by atoms with van der Waals surface area (Å²) in [7, 11) is -4.82. The van der Waals surface area contributed by atoms with Gasteiger partial charge in [-0.05, 0) is 25.8 Å². The van der Waals surface area contributed by atoms with E-state index in [1.54, 1.807) is 0 Å². The van der Waals surface area contributed by atoms with Crippen molar-refractivity contribution in [2.75, 3.05) is 26.2 Å². The van der Waals surface area contributed by atoms with Crippen molar-refractivity contribution in [3.8, 4) is 0 Å². The van der Waals surface area contributed by atoms with Crippen LogP contribution in [0.4, 0.5) is 4.79 Å². The lowest BCUT2D eigenvalue weighted by Crippen LogP contribution is -2.51. The van der Waals surface area contributed by atoms with Gasteiger partial charge in [0.2, 0.25) is 5.91 Å². The van der Waals surface area contributed by atoms with E-state index in [-0.39, 0.29) is 24.8 Å². The Balaban J connectivity index is 1.57. The van der Waals surface area contributed by atoms with Crippen molar-refractivity contribution >= 4 is 28.1 Å². The summed E-state index contributed by atoms with van der Waals surface area (Å²) in [6, 6.07) is -2.15. The number of nitrogens with zero attached hydrogens (tertiary/aromatic N) is 2. The molecule has 0 aromatic carbocycles. The van der Waals surface area contributed by atoms with Crippen LogP contribution < -0.4 is 10.6 Å². The van der Waals surface area contributed by atoms with E-state index < -0.39 is 34.4 Å². The number of amides is 3. The molecular weight excluding hydrogens is 356 g/mol. The highest BCUT2D eigenvalue weighted by atomic mass is 32.3. The van der Waals surface area contributed by atoms with Crippen LogP contribution in [0.3, 0.4) is 0 Å². The maximum atomic E-state index is 12.3. The molecule has 3 amide bonds. The second kappa shape index (κ2) is 6.86. The minimum absolute atomic E-state index is 0.0591. The summed E-state index contributed by atoms with van der Waals surface area (Å²) in [6.07, 6.45) is 1.40. The second-order valence-corrected chi connectivity index (χ2v) is 7.39. The first-order valence-corrected chi connectivity index (χ1v) is 9.41. The first-order valence-electron chi connectivity index (χ1n) is 8.04. The Labute approximate surface area is 144 Å². The molecule has 3 fully saturated rings. The van der Waals surface area contributed by atoms with Crippen LogP contribution in [0, 0.1) is 5.92 Å². The SMILES string of the molecule is O=C(CNC(=O)[C@@H]1CC[C@@H]2CN1C(=O)N2OS(=O)(=O)O)[C@@H]1CCNC1. The van der Waals surface area contributed by atoms with Crippen LogP contribution in [-0.2, 0) is 24.3 Å². The monoisotopic (exact) mass is 376 g/mol. The molecule has 12 heteroatoms. The highest BCUT2D eigenvalue weighted by Gasteiger charge is 2.49. The number of fused-ring (bicyclic) bond motifs is 2. The zero-order chi connectivity index (χ0) is 18.2. The first-order chi connectivity index (χ1) is 11.8. The zero-order valence-electron chi connectivity index (χ0n) is 13.4. The molecule has 0 radical (unpaired) electrons. The predicted octanol–water partition coefficient (Wildman–Crippen LogP) is -1.72. The Morgan fingerprint density at radius 1 is 1.32 bits per heavy atom. The van der Waals surface area contributed by atoms with Gasteiger partial charge >= 0.3 is 16.4 Å². The minimum atomic E-state index is -4.82. The van der Waals surface area contributed by atoms with E-state index in [0.717, 1.165) is 13.0 Å². The lowest BCUT2D eigenvalue weighted by molar-refractivity contribution is -0.129. The number of urea groups is 1. The van der Waals surface area contributed by atoms with Gasteiger partial charge in [-0.3, -0.25) is 14.1 Å². The quantitative estimate of drug-likeness (QED) is 0.464. The van der Waals surface area contributed by atoms with Crippen LogP contribution in [0.15, 0.2) is 0 Å². The van der Waals surface area contributed by atoms with Crippen LogP contribution in [0.2, 0.25) is 0 Å². The molecule has 0 aliphatic carbocycles. The van der Waals surface area contributed by atoms with Gasteiger partial charge in [-0.2, -0.15) is 13.5 Å². The van der Waals surface area contributed by atoms with E-state index in [4.69, 9.17) is 4.55 Å². The fourth-order valence-electron chi connectivity index (χ4n) is 3.47. The summed E-state index contributed by atoms with van der Waals surface area (Å²) in [6.45, 7) is 1.40. The Morgan fingerprint density at radius 3 is 2.72 bits per heavy atom. The van der Waals surface area contributed by atoms with Gasteiger partial charge in [0.05, 0.1) is 12.6 Å². The van der Waals surface area contributed by atoms with Crippen molar-refractivity contribution in [3.05, 3.63) is 0 Å². The van der Waals surface area contributed by atoms with E-state index in [1.165, 1.54) is 4.90 Å². The maximum Gasteiger partial charge on any atom is 0.418 e. The number of hydrogen-bond donors (Lipinski definition) is 3. The van der Waals surface area contributed by atoms with E-state index >= 15 is 0 Å². The predicted molar refractivity (Wildman–Crippen MR) is 82.4 cm³/mol. The third kappa shape index (κ3) is 3.92. The molecule has 3 heterocycles.